The van der Waals surface area contributed by atoms with Gasteiger partial charge >= 0.3 is 12.0 Å². The predicted molar refractivity (Wildman–Crippen MR) is 54.5 cm³/mol. The number of hydrogen-bond donors (Lipinski definition) is 2. The molecule has 1 aromatic rings. The number of carbonyl (C=O) groups excluding carboxylic acids is 2. The quantitative estimate of drug-likeness (QED) is 0.723. The van der Waals surface area contributed by atoms with E-state index in [2.05, 4.69) is 15.3 Å². The minimum atomic E-state index is -1.21. The number of carboxylic acid groups (broad SMARTS) is 1. The van der Waals surface area contributed by atoms with Gasteiger partial charge in [-0.1, -0.05) is 0 Å². The minimum absolute atomic E-state index is 0.151. The van der Waals surface area contributed by atoms with Gasteiger partial charge in [-0.2, -0.15) is 0 Å². The Balaban J connectivity index is 2.28. The van der Waals surface area contributed by atoms with E-state index in [9.17, 15) is 14.4 Å². The lowest BCUT2D eigenvalue weighted by molar-refractivity contribution is -0.120. The molecule has 0 bridgehead atoms. The van der Waals surface area contributed by atoms with Gasteiger partial charge in [0.2, 0.25) is 5.91 Å². The molecular weight excluding hydrogens is 228 g/mol. The van der Waals surface area contributed by atoms with Crippen molar-refractivity contribution in [3.8, 4) is 0 Å². The third-order valence-electron chi connectivity index (χ3n) is 2.20. The Morgan fingerprint density at radius 3 is 2.82 bits per heavy atom. The van der Waals surface area contributed by atoms with Crippen LogP contribution in [0.1, 0.15) is 16.9 Å². The number of aromatic nitrogens is 2. The summed E-state index contributed by atoms with van der Waals surface area (Å²) in [5.41, 5.74) is -0.209. The van der Waals surface area contributed by atoms with Crippen molar-refractivity contribution in [3.05, 3.63) is 18.1 Å². The first kappa shape index (κ1) is 11.0. The van der Waals surface area contributed by atoms with Crippen LogP contribution >= 0.6 is 0 Å². The van der Waals surface area contributed by atoms with Crippen LogP contribution in [0.15, 0.2) is 12.4 Å². The van der Waals surface area contributed by atoms with Crippen LogP contribution in [0.2, 0.25) is 0 Å². The number of amides is 3. The topological polar surface area (TPSA) is 112 Å². The van der Waals surface area contributed by atoms with E-state index in [1.165, 1.54) is 11.0 Å². The number of carbonyl (C=O) groups is 3. The average molecular weight is 236 g/mol. The summed E-state index contributed by atoms with van der Waals surface area (Å²) in [5.74, 6) is -1.41. The van der Waals surface area contributed by atoms with Crippen LogP contribution in [-0.2, 0) is 4.79 Å². The van der Waals surface area contributed by atoms with Gasteiger partial charge in [-0.25, -0.2) is 19.6 Å². The molecule has 0 aliphatic carbocycles. The van der Waals surface area contributed by atoms with Gasteiger partial charge in [0, 0.05) is 19.0 Å². The highest BCUT2D eigenvalue weighted by Crippen LogP contribution is 2.14. The molecule has 2 N–H and O–H groups in total. The largest absolute Gasteiger partial charge is 0.477 e. The Bertz CT molecular complexity index is 502. The van der Waals surface area contributed by atoms with Gasteiger partial charge in [-0.15, -0.1) is 0 Å². The zero-order chi connectivity index (χ0) is 12.4. The lowest BCUT2D eigenvalue weighted by Gasteiger charge is -2.25. The van der Waals surface area contributed by atoms with Gasteiger partial charge in [0.05, 0.1) is 0 Å². The molecule has 0 unspecified atom stereocenters. The highest BCUT2D eigenvalue weighted by molar-refractivity contribution is 6.05. The Morgan fingerprint density at radius 2 is 2.18 bits per heavy atom. The molecular formula is C9H8N4O4. The Hall–Kier alpha value is -2.51. The molecule has 1 aliphatic rings. The zero-order valence-electron chi connectivity index (χ0n) is 8.58. The number of nitrogens with zero attached hydrogens (tertiary/aromatic N) is 3. The Labute approximate surface area is 95.3 Å². The van der Waals surface area contributed by atoms with Crippen LogP contribution in [0.25, 0.3) is 0 Å². The normalized spacial score (nSPS) is 15.6. The third kappa shape index (κ3) is 2.19. The lowest BCUT2D eigenvalue weighted by atomic mass is 10.3. The number of hydrogen-bond acceptors (Lipinski definition) is 5. The molecule has 17 heavy (non-hydrogen) atoms. The van der Waals surface area contributed by atoms with Crippen molar-refractivity contribution >= 4 is 23.7 Å². The molecule has 2 heterocycles. The molecule has 0 atom stereocenters. The van der Waals surface area contributed by atoms with E-state index in [-0.39, 0.29) is 30.4 Å². The number of rotatable bonds is 2. The summed E-state index contributed by atoms with van der Waals surface area (Å²) in [6.07, 6.45) is 1.21. The van der Waals surface area contributed by atoms with E-state index >= 15 is 0 Å². The summed E-state index contributed by atoms with van der Waals surface area (Å²) >= 11 is 0. The molecule has 3 amide bonds. The molecule has 0 radical (unpaired) electrons. The number of carboxylic acids is 1. The molecule has 0 saturated carbocycles. The molecule has 0 spiro atoms. The molecule has 0 aromatic carbocycles. The molecule has 1 aliphatic heterocycles. The number of anilines is 1. The molecule has 1 saturated heterocycles. The molecule has 2 rings (SSSR count). The van der Waals surface area contributed by atoms with Gasteiger partial charge in [-0.3, -0.25) is 15.0 Å². The zero-order valence-corrected chi connectivity index (χ0v) is 8.58. The van der Waals surface area contributed by atoms with E-state index in [4.69, 9.17) is 5.11 Å². The predicted octanol–water partition coefficient (Wildman–Crippen LogP) is -0.379. The van der Waals surface area contributed by atoms with Gasteiger partial charge < -0.3 is 5.11 Å². The van der Waals surface area contributed by atoms with E-state index < -0.39 is 12.0 Å². The summed E-state index contributed by atoms with van der Waals surface area (Å²) in [6, 6.07) is 0.564. The van der Waals surface area contributed by atoms with Crippen molar-refractivity contribution in [2.45, 2.75) is 6.42 Å². The molecule has 1 fully saturated rings. The van der Waals surface area contributed by atoms with E-state index in [0.29, 0.717) is 0 Å². The fraction of sp³-hybridized carbons (Fsp3) is 0.222. The third-order valence-corrected chi connectivity index (χ3v) is 2.20. The molecule has 1 aromatic heterocycles. The summed E-state index contributed by atoms with van der Waals surface area (Å²) in [7, 11) is 0. The standard InChI is InChI=1S/C9H8N4O4/c14-7-1-2-13(9(17)12-7)6-3-5(8(15)16)10-4-11-6/h3-4H,1-2H2,(H,15,16)(H,12,14,17). The molecule has 8 nitrogen and oxygen atoms in total. The number of nitrogens with one attached hydrogen (secondary N) is 1. The number of imide groups is 1. The van der Waals surface area contributed by atoms with Gasteiger partial charge in [-0.05, 0) is 0 Å². The molecule has 8 heteroatoms. The maximum atomic E-state index is 11.5. The summed E-state index contributed by atoms with van der Waals surface area (Å²) in [4.78, 5) is 41.6. The second-order valence-corrected chi connectivity index (χ2v) is 3.32. The lowest BCUT2D eigenvalue weighted by Crippen LogP contribution is -2.50. The first-order valence-electron chi connectivity index (χ1n) is 4.74. The second-order valence-electron chi connectivity index (χ2n) is 3.32. The van der Waals surface area contributed by atoms with E-state index in [1.54, 1.807) is 0 Å². The smallest absolute Gasteiger partial charge is 0.354 e. The SMILES string of the molecule is O=C1CCN(c2cc(C(=O)O)ncn2)C(=O)N1. The summed E-state index contributed by atoms with van der Waals surface area (Å²) in [5, 5.41) is 10.9. The fourth-order valence-corrected chi connectivity index (χ4v) is 1.39. The van der Waals surface area contributed by atoms with Crippen molar-refractivity contribution in [1.82, 2.24) is 15.3 Å². The average Bonchev–Trinajstić information content (AvgIpc) is 2.29. The fourth-order valence-electron chi connectivity index (χ4n) is 1.39. The van der Waals surface area contributed by atoms with Crippen LogP contribution in [0.3, 0.4) is 0 Å². The van der Waals surface area contributed by atoms with E-state index in [1.807, 2.05) is 0 Å². The van der Waals surface area contributed by atoms with Crippen LogP contribution in [0.5, 0.6) is 0 Å². The van der Waals surface area contributed by atoms with Crippen molar-refractivity contribution in [1.29, 1.82) is 0 Å². The second kappa shape index (κ2) is 4.16. The number of aromatic carboxylic acids is 1. The molecule has 88 valence electrons. The van der Waals surface area contributed by atoms with Crippen LogP contribution in [-0.4, -0.2) is 39.5 Å². The van der Waals surface area contributed by atoms with Crippen molar-refractivity contribution < 1.29 is 19.5 Å². The minimum Gasteiger partial charge on any atom is -0.477 e. The van der Waals surface area contributed by atoms with Crippen molar-refractivity contribution in [2.75, 3.05) is 11.4 Å². The van der Waals surface area contributed by atoms with E-state index in [0.717, 1.165) is 6.33 Å². The Morgan fingerprint density at radius 1 is 1.41 bits per heavy atom. The maximum absolute atomic E-state index is 11.5. The maximum Gasteiger partial charge on any atom is 0.354 e. The van der Waals surface area contributed by atoms with Crippen LogP contribution in [0.4, 0.5) is 10.6 Å². The summed E-state index contributed by atoms with van der Waals surface area (Å²) < 4.78 is 0. The van der Waals surface area contributed by atoms with Crippen molar-refractivity contribution in [3.63, 3.8) is 0 Å². The van der Waals surface area contributed by atoms with Gasteiger partial charge in [0.15, 0.2) is 5.69 Å². The van der Waals surface area contributed by atoms with Gasteiger partial charge in [0.25, 0.3) is 0 Å². The van der Waals surface area contributed by atoms with Crippen LogP contribution < -0.4 is 10.2 Å². The first-order valence-corrected chi connectivity index (χ1v) is 4.74. The van der Waals surface area contributed by atoms with Crippen LogP contribution in [0, 0.1) is 0 Å². The van der Waals surface area contributed by atoms with Crippen molar-refractivity contribution in [2.24, 2.45) is 0 Å². The summed E-state index contributed by atoms with van der Waals surface area (Å²) in [6.45, 7) is 0.167. The van der Waals surface area contributed by atoms with Gasteiger partial charge in [0.1, 0.15) is 12.1 Å². The Kier molecular flexibility index (Phi) is 2.69. The highest BCUT2D eigenvalue weighted by Gasteiger charge is 2.25. The number of urea groups is 1. The highest BCUT2D eigenvalue weighted by atomic mass is 16.4. The monoisotopic (exact) mass is 236 g/mol. The first-order chi connectivity index (χ1) is 8.08.